The van der Waals surface area contributed by atoms with E-state index in [9.17, 15) is 9.90 Å². The van der Waals surface area contributed by atoms with Crippen LogP contribution in [0.15, 0.2) is 39.1 Å². The molecule has 0 saturated carbocycles. The minimum atomic E-state index is -0.484. The second-order valence-corrected chi connectivity index (χ2v) is 6.59. The SMILES string of the molecule is CC(C)=CCc1c2c(c(O)c3ccc(=O)oc13)C=CC(C)(C)O2. The number of aromatic hydroxyl groups is 1. The Balaban J connectivity index is 2.38. The Labute approximate surface area is 134 Å². The summed E-state index contributed by atoms with van der Waals surface area (Å²) in [6, 6.07) is 2.91. The van der Waals surface area contributed by atoms with E-state index >= 15 is 0 Å². The summed E-state index contributed by atoms with van der Waals surface area (Å²) >= 11 is 0. The molecule has 0 aliphatic carbocycles. The van der Waals surface area contributed by atoms with E-state index in [1.807, 2.05) is 45.9 Å². The van der Waals surface area contributed by atoms with E-state index < -0.39 is 11.2 Å². The van der Waals surface area contributed by atoms with E-state index in [4.69, 9.17) is 9.15 Å². The van der Waals surface area contributed by atoms with E-state index in [0.717, 1.165) is 11.1 Å². The molecule has 0 radical (unpaired) electrons. The van der Waals surface area contributed by atoms with Crippen LogP contribution in [0.25, 0.3) is 17.0 Å². The maximum absolute atomic E-state index is 11.7. The Bertz CT molecular complexity index is 894. The van der Waals surface area contributed by atoms with Gasteiger partial charge in [-0.1, -0.05) is 11.6 Å². The van der Waals surface area contributed by atoms with Gasteiger partial charge in [-0.3, -0.25) is 0 Å². The van der Waals surface area contributed by atoms with E-state index in [1.165, 1.54) is 6.07 Å². The monoisotopic (exact) mass is 312 g/mol. The lowest BCUT2D eigenvalue weighted by atomic mass is 9.95. The second-order valence-electron chi connectivity index (χ2n) is 6.59. The fraction of sp³-hybridized carbons (Fsp3) is 0.316. The molecule has 1 aliphatic heterocycles. The first-order valence-corrected chi connectivity index (χ1v) is 7.62. The minimum Gasteiger partial charge on any atom is -0.506 e. The molecule has 1 aliphatic rings. The van der Waals surface area contributed by atoms with E-state index in [-0.39, 0.29) is 5.75 Å². The van der Waals surface area contributed by atoms with Gasteiger partial charge >= 0.3 is 5.63 Å². The van der Waals surface area contributed by atoms with Crippen molar-refractivity contribution < 1.29 is 14.3 Å². The van der Waals surface area contributed by atoms with Crippen molar-refractivity contribution in [2.24, 2.45) is 0 Å². The third kappa shape index (κ3) is 2.77. The van der Waals surface area contributed by atoms with Gasteiger partial charge in [0.25, 0.3) is 0 Å². The van der Waals surface area contributed by atoms with E-state index in [1.54, 1.807) is 6.07 Å². The predicted octanol–water partition coefficient (Wildman–Crippen LogP) is 4.19. The predicted molar refractivity (Wildman–Crippen MR) is 91.0 cm³/mol. The van der Waals surface area contributed by atoms with Crippen molar-refractivity contribution in [1.29, 1.82) is 0 Å². The zero-order chi connectivity index (χ0) is 16.8. The molecule has 1 aromatic heterocycles. The van der Waals surface area contributed by atoms with Crippen LogP contribution in [0.5, 0.6) is 11.5 Å². The van der Waals surface area contributed by atoms with Gasteiger partial charge in [0, 0.05) is 11.6 Å². The second kappa shape index (κ2) is 5.30. The van der Waals surface area contributed by atoms with E-state index in [0.29, 0.717) is 28.7 Å². The highest BCUT2D eigenvalue weighted by Gasteiger charge is 2.28. The van der Waals surface area contributed by atoms with Crippen molar-refractivity contribution in [3.8, 4) is 11.5 Å². The third-order valence-electron chi connectivity index (χ3n) is 3.87. The summed E-state index contributed by atoms with van der Waals surface area (Å²) in [7, 11) is 0. The molecular formula is C19H20O4. The molecule has 3 rings (SSSR count). The van der Waals surface area contributed by atoms with Gasteiger partial charge in [0.15, 0.2) is 0 Å². The lowest BCUT2D eigenvalue weighted by Crippen LogP contribution is -2.28. The summed E-state index contributed by atoms with van der Waals surface area (Å²) in [5, 5.41) is 11.1. The first kappa shape index (κ1) is 15.4. The van der Waals surface area contributed by atoms with Crippen LogP contribution in [0.4, 0.5) is 0 Å². The number of phenolic OH excluding ortho intramolecular Hbond substituents is 1. The lowest BCUT2D eigenvalue weighted by molar-refractivity contribution is 0.157. The Kier molecular flexibility index (Phi) is 3.55. The average Bonchev–Trinajstić information content (AvgIpc) is 2.45. The molecule has 0 spiro atoms. The molecule has 4 nitrogen and oxygen atoms in total. The summed E-state index contributed by atoms with van der Waals surface area (Å²) in [4.78, 5) is 11.7. The van der Waals surface area contributed by atoms with Crippen molar-refractivity contribution in [1.82, 2.24) is 0 Å². The number of allylic oxidation sites excluding steroid dienone is 2. The highest BCUT2D eigenvalue weighted by atomic mass is 16.5. The third-order valence-corrected chi connectivity index (χ3v) is 3.87. The lowest BCUT2D eigenvalue weighted by Gasteiger charge is -2.30. The summed E-state index contributed by atoms with van der Waals surface area (Å²) < 4.78 is 11.5. The first-order chi connectivity index (χ1) is 10.8. The van der Waals surface area contributed by atoms with Gasteiger partial charge in [-0.05, 0) is 52.3 Å². The van der Waals surface area contributed by atoms with Gasteiger partial charge < -0.3 is 14.3 Å². The molecule has 4 heteroatoms. The Morgan fingerprint density at radius 1 is 1.30 bits per heavy atom. The van der Waals surface area contributed by atoms with Crippen LogP contribution in [-0.2, 0) is 6.42 Å². The summed E-state index contributed by atoms with van der Waals surface area (Å²) in [6.45, 7) is 7.91. The minimum absolute atomic E-state index is 0.0754. The molecule has 23 heavy (non-hydrogen) atoms. The first-order valence-electron chi connectivity index (χ1n) is 7.62. The normalized spacial score (nSPS) is 15.1. The molecule has 1 aromatic carbocycles. The van der Waals surface area contributed by atoms with Gasteiger partial charge in [-0.15, -0.1) is 0 Å². The Morgan fingerprint density at radius 2 is 2.04 bits per heavy atom. The van der Waals surface area contributed by atoms with Gasteiger partial charge in [0.05, 0.1) is 10.9 Å². The average molecular weight is 312 g/mol. The Morgan fingerprint density at radius 3 is 2.74 bits per heavy atom. The molecule has 1 N–H and O–H groups in total. The number of benzene rings is 1. The number of rotatable bonds is 2. The smallest absolute Gasteiger partial charge is 0.336 e. The van der Waals surface area contributed by atoms with Gasteiger partial charge in [-0.2, -0.15) is 0 Å². The maximum Gasteiger partial charge on any atom is 0.336 e. The Hall–Kier alpha value is -2.49. The van der Waals surface area contributed by atoms with Crippen LogP contribution in [0.3, 0.4) is 0 Å². The molecule has 2 heterocycles. The van der Waals surface area contributed by atoms with Gasteiger partial charge in [0.1, 0.15) is 22.7 Å². The van der Waals surface area contributed by atoms with Crippen molar-refractivity contribution in [2.75, 3.05) is 0 Å². The number of hydrogen-bond acceptors (Lipinski definition) is 4. The van der Waals surface area contributed by atoms with Crippen LogP contribution in [0.2, 0.25) is 0 Å². The highest BCUT2D eigenvalue weighted by Crippen LogP contribution is 2.44. The number of fused-ring (bicyclic) bond motifs is 2. The number of hydrogen-bond donors (Lipinski definition) is 1. The maximum atomic E-state index is 11.7. The fourth-order valence-electron chi connectivity index (χ4n) is 2.69. The van der Waals surface area contributed by atoms with Crippen molar-refractivity contribution in [3.63, 3.8) is 0 Å². The molecule has 0 unspecified atom stereocenters. The van der Waals surface area contributed by atoms with Crippen LogP contribution in [-0.4, -0.2) is 10.7 Å². The van der Waals surface area contributed by atoms with Crippen LogP contribution >= 0.6 is 0 Å². The zero-order valence-electron chi connectivity index (χ0n) is 13.8. The number of phenols is 1. The highest BCUT2D eigenvalue weighted by molar-refractivity contribution is 5.94. The molecule has 0 bridgehead atoms. The molecule has 120 valence electrons. The molecule has 0 fully saturated rings. The zero-order valence-corrected chi connectivity index (χ0v) is 13.8. The molecular weight excluding hydrogens is 292 g/mol. The van der Waals surface area contributed by atoms with Crippen molar-refractivity contribution in [2.45, 2.75) is 39.7 Å². The standard InChI is InChI=1S/C19H20O4/c1-11(2)5-6-14-17-12(7-8-15(20)22-17)16(21)13-9-10-19(3,4)23-18(13)14/h5,7-10,21H,6H2,1-4H3. The van der Waals surface area contributed by atoms with Crippen molar-refractivity contribution >= 4 is 17.0 Å². The molecule has 0 atom stereocenters. The van der Waals surface area contributed by atoms with E-state index in [2.05, 4.69) is 0 Å². The topological polar surface area (TPSA) is 59.7 Å². The molecule has 0 amide bonds. The van der Waals surface area contributed by atoms with Crippen molar-refractivity contribution in [3.05, 3.63) is 51.4 Å². The summed E-state index contributed by atoms with van der Waals surface area (Å²) in [5.74, 6) is 0.654. The fourth-order valence-corrected chi connectivity index (χ4v) is 2.69. The van der Waals surface area contributed by atoms with Crippen LogP contribution in [0.1, 0.15) is 38.8 Å². The summed E-state index contributed by atoms with van der Waals surface area (Å²) in [5.41, 5.74) is 2.02. The van der Waals surface area contributed by atoms with Crippen LogP contribution in [0, 0.1) is 0 Å². The van der Waals surface area contributed by atoms with Crippen LogP contribution < -0.4 is 10.4 Å². The summed E-state index contributed by atoms with van der Waals surface area (Å²) in [6.07, 6.45) is 6.39. The van der Waals surface area contributed by atoms with Gasteiger partial charge in [-0.25, -0.2) is 4.79 Å². The number of ether oxygens (including phenoxy) is 1. The largest absolute Gasteiger partial charge is 0.506 e. The molecule has 0 saturated heterocycles. The quantitative estimate of drug-likeness (QED) is 0.667. The molecule has 2 aromatic rings. The van der Waals surface area contributed by atoms with Gasteiger partial charge in [0.2, 0.25) is 0 Å².